The van der Waals surface area contributed by atoms with Gasteiger partial charge in [-0.1, -0.05) is 126 Å². The summed E-state index contributed by atoms with van der Waals surface area (Å²) in [6, 6.07) is 27.6. The third-order valence-corrected chi connectivity index (χ3v) is 16.7. The summed E-state index contributed by atoms with van der Waals surface area (Å²) in [6.45, 7) is 15.6. The van der Waals surface area contributed by atoms with E-state index in [1.165, 1.54) is 5.01 Å². The van der Waals surface area contributed by atoms with Gasteiger partial charge < -0.3 is 19.4 Å². The number of nitrogens with one attached hydrogen (secondary N) is 2. The molecule has 3 heterocycles. The fourth-order valence-electron chi connectivity index (χ4n) is 7.96. The van der Waals surface area contributed by atoms with E-state index in [1.807, 2.05) is 79.7 Å². The Bertz CT molecular complexity index is 2150. The van der Waals surface area contributed by atoms with Crippen LogP contribution in [0.5, 0.6) is 0 Å². The van der Waals surface area contributed by atoms with Crippen LogP contribution >= 0.6 is 0 Å². The predicted octanol–water partition coefficient (Wildman–Crippen LogP) is 5.93. The Morgan fingerprint density at radius 2 is 1.54 bits per heavy atom. The maximum Gasteiger partial charge on any atom is 0.316 e. The molecule has 312 valence electrons. The quantitative estimate of drug-likeness (QED) is 0.181. The molecule has 12 heteroatoms. The second kappa shape index (κ2) is 17.6. The second-order valence-electron chi connectivity index (χ2n) is 17.8. The largest absolute Gasteiger partial charge is 0.451 e. The number of fused-ring (bicyclic) bond motifs is 4. The number of hydrogen-bond acceptors (Lipinski definition) is 8. The second-order valence-corrected chi connectivity index (χ2v) is 22.1. The topological polar surface area (TPSA) is 130 Å². The molecule has 0 saturated carbocycles. The summed E-state index contributed by atoms with van der Waals surface area (Å²) < 4.78 is 13.2. The Hall–Kier alpha value is -5.17. The predicted molar refractivity (Wildman–Crippen MR) is 234 cm³/mol. The molecule has 2 N–H and O–H groups in total. The summed E-state index contributed by atoms with van der Waals surface area (Å²) in [5.74, 6) is -2.27. The first kappa shape index (κ1) is 43.4. The highest BCUT2D eigenvalue weighted by molar-refractivity contribution is 6.99. The minimum Gasteiger partial charge on any atom is -0.451 e. The maximum absolute atomic E-state index is 14.9. The number of rotatable bonds is 6. The van der Waals surface area contributed by atoms with Crippen LogP contribution in [0, 0.1) is 11.3 Å². The Balaban J connectivity index is 1.42. The molecular formula is C47H59N5O6Si. The van der Waals surface area contributed by atoms with Crippen molar-refractivity contribution in [1.82, 2.24) is 25.6 Å². The highest BCUT2D eigenvalue weighted by Gasteiger charge is 2.51. The van der Waals surface area contributed by atoms with Crippen molar-refractivity contribution in [2.24, 2.45) is 11.3 Å². The van der Waals surface area contributed by atoms with Gasteiger partial charge in [-0.05, 0) is 72.6 Å². The number of amides is 3. The molecule has 2 aliphatic heterocycles. The third kappa shape index (κ3) is 9.20. The van der Waals surface area contributed by atoms with Crippen molar-refractivity contribution in [2.45, 2.75) is 97.5 Å². The van der Waals surface area contributed by atoms with E-state index in [2.05, 4.69) is 55.8 Å². The lowest BCUT2D eigenvalue weighted by atomic mass is 9.92. The first-order valence-electron chi connectivity index (χ1n) is 20.6. The Kier molecular flexibility index (Phi) is 12.9. The van der Waals surface area contributed by atoms with E-state index in [9.17, 15) is 19.2 Å². The Morgan fingerprint density at radius 3 is 2.15 bits per heavy atom. The smallest absolute Gasteiger partial charge is 0.316 e. The Morgan fingerprint density at radius 1 is 0.915 bits per heavy atom. The van der Waals surface area contributed by atoms with Gasteiger partial charge in [0.05, 0.1) is 29.3 Å². The summed E-state index contributed by atoms with van der Waals surface area (Å²) in [6.07, 6.45) is 3.46. The summed E-state index contributed by atoms with van der Waals surface area (Å²) in [4.78, 5) is 63.9. The molecule has 5 bridgehead atoms. The van der Waals surface area contributed by atoms with Crippen LogP contribution < -0.4 is 21.1 Å². The lowest BCUT2D eigenvalue weighted by Crippen LogP contribution is -2.68. The van der Waals surface area contributed by atoms with Crippen LogP contribution in [0.3, 0.4) is 0 Å². The van der Waals surface area contributed by atoms with Gasteiger partial charge in [0.25, 0.3) is 20.1 Å². The van der Waals surface area contributed by atoms with Crippen molar-refractivity contribution >= 4 is 59.4 Å². The van der Waals surface area contributed by atoms with E-state index in [-0.39, 0.29) is 18.6 Å². The van der Waals surface area contributed by atoms with Gasteiger partial charge >= 0.3 is 5.97 Å². The van der Waals surface area contributed by atoms with Gasteiger partial charge in [0.1, 0.15) is 12.1 Å². The van der Waals surface area contributed by atoms with Crippen LogP contribution in [0.2, 0.25) is 5.04 Å². The zero-order chi connectivity index (χ0) is 42.7. The van der Waals surface area contributed by atoms with Gasteiger partial charge in [-0.25, -0.2) is 5.43 Å². The van der Waals surface area contributed by atoms with E-state index in [1.54, 1.807) is 45.7 Å². The monoisotopic (exact) mass is 817 g/mol. The van der Waals surface area contributed by atoms with Gasteiger partial charge in [0, 0.05) is 19.0 Å². The first-order valence-corrected chi connectivity index (χ1v) is 22.5. The molecule has 4 atom stereocenters. The third-order valence-electron chi connectivity index (χ3n) is 11.7. The van der Waals surface area contributed by atoms with Crippen molar-refractivity contribution in [1.29, 1.82) is 0 Å². The fourth-order valence-corrected chi connectivity index (χ4v) is 12.5. The number of carbonyl (C=O) groups excluding carboxylic acids is 4. The molecule has 2 aliphatic rings. The molecule has 1 fully saturated rings. The number of likely N-dealkylation sites (N-methyl/N-ethyl adjacent to an activating group) is 1. The minimum absolute atomic E-state index is 0.175. The van der Waals surface area contributed by atoms with Crippen LogP contribution in [0.4, 0.5) is 0 Å². The number of esters is 1. The van der Waals surface area contributed by atoms with Crippen LogP contribution in [0.15, 0.2) is 97.1 Å². The van der Waals surface area contributed by atoms with E-state index in [4.69, 9.17) is 14.1 Å². The summed E-state index contributed by atoms with van der Waals surface area (Å²) in [5, 5.41) is 6.97. The molecule has 11 nitrogen and oxygen atoms in total. The van der Waals surface area contributed by atoms with Crippen LogP contribution in [-0.2, 0) is 28.3 Å². The molecule has 59 heavy (non-hydrogen) atoms. The van der Waals surface area contributed by atoms with Gasteiger partial charge in [-0.15, -0.1) is 0 Å². The molecule has 1 saturated heterocycles. The molecule has 0 aliphatic carbocycles. The Labute approximate surface area is 349 Å². The van der Waals surface area contributed by atoms with Crippen molar-refractivity contribution in [3.63, 3.8) is 0 Å². The zero-order valence-corrected chi connectivity index (χ0v) is 36.8. The van der Waals surface area contributed by atoms with Crippen molar-refractivity contribution < 1.29 is 28.3 Å². The van der Waals surface area contributed by atoms with Crippen molar-refractivity contribution in [2.75, 3.05) is 20.2 Å². The summed E-state index contributed by atoms with van der Waals surface area (Å²) in [7, 11) is -1.42. The molecule has 4 unspecified atom stereocenters. The number of cyclic esters (lactones) is 1. The lowest BCUT2D eigenvalue weighted by molar-refractivity contribution is -0.165. The van der Waals surface area contributed by atoms with Gasteiger partial charge in [-0.3, -0.25) is 29.2 Å². The standard InChI is InChI=1S/C47H59N5O6Si/c1-31(2)41-42(53)49-40(30-57-59(46(4,5)6,35-17-12-10-13-18-35)36-19-14-11-15-20-36)44(55)52-28-16-21-38(50-52)43(54)51(9)32(3)37-25-24-34-23-22-33(29-39(34)48-37)26-27-47(7,8)45(56)58-41/h10-15,17-20,22-27,29,31-32,38,40-41,50H,16,21,28,30H2,1-9H3,(H,49,53). The van der Waals surface area contributed by atoms with E-state index < -0.39 is 60.7 Å². The van der Waals surface area contributed by atoms with Crippen molar-refractivity contribution in [3.05, 3.63) is 108 Å². The molecule has 3 amide bonds. The summed E-state index contributed by atoms with van der Waals surface area (Å²) in [5.41, 5.74) is 4.41. The SMILES string of the molecule is CC(C)C1OC(=O)C(C)(C)C=Cc2ccc3ccc(nc3c2)C(C)N(C)C(=O)C2CCCN(N2)C(=O)C(CO[Si](c2ccccc2)(c2ccccc2)C(C)(C)C)NC1=O. The van der Waals surface area contributed by atoms with Gasteiger partial charge in [0.2, 0.25) is 5.91 Å². The van der Waals surface area contributed by atoms with Crippen LogP contribution in [-0.4, -0.2) is 85.3 Å². The minimum atomic E-state index is -3.18. The van der Waals surface area contributed by atoms with Crippen molar-refractivity contribution in [3.8, 4) is 0 Å². The van der Waals surface area contributed by atoms with E-state index in [0.29, 0.717) is 19.4 Å². The number of carbonyl (C=O) groups is 4. The molecule has 0 radical (unpaired) electrons. The van der Waals surface area contributed by atoms with Gasteiger partial charge in [0.15, 0.2) is 6.10 Å². The highest BCUT2D eigenvalue weighted by Crippen LogP contribution is 2.37. The molecule has 1 aromatic heterocycles. The van der Waals surface area contributed by atoms with Crippen LogP contribution in [0.25, 0.3) is 17.0 Å². The maximum atomic E-state index is 14.9. The highest BCUT2D eigenvalue weighted by atomic mass is 28.4. The zero-order valence-electron chi connectivity index (χ0n) is 35.8. The number of ether oxygens (including phenoxy) is 1. The van der Waals surface area contributed by atoms with Crippen LogP contribution in [0.1, 0.15) is 85.5 Å². The number of aromatic nitrogens is 1. The number of benzene rings is 3. The number of hydrazine groups is 1. The number of nitrogens with zero attached hydrogens (tertiary/aromatic N) is 3. The first-order chi connectivity index (χ1) is 27.9. The van der Waals surface area contributed by atoms with E-state index in [0.717, 1.165) is 32.5 Å². The fraction of sp³-hybridized carbons (Fsp3) is 0.426. The van der Waals surface area contributed by atoms with E-state index >= 15 is 0 Å². The normalized spacial score (nSPS) is 22.4. The molecular weight excluding hydrogens is 759 g/mol. The average Bonchev–Trinajstić information content (AvgIpc) is 3.23. The summed E-state index contributed by atoms with van der Waals surface area (Å²) >= 11 is 0. The molecule has 6 rings (SSSR count). The molecule has 0 spiro atoms. The lowest BCUT2D eigenvalue weighted by Gasteiger charge is -2.44. The van der Waals surface area contributed by atoms with Gasteiger partial charge in [-0.2, -0.15) is 0 Å². The molecule has 4 aromatic rings. The number of hydrogen-bond donors (Lipinski definition) is 2. The average molecular weight is 818 g/mol. The number of pyridine rings is 1. The molecule has 3 aromatic carbocycles.